The molecule has 4 amide bonds. The van der Waals surface area contributed by atoms with Gasteiger partial charge >= 0.3 is 6.03 Å². The van der Waals surface area contributed by atoms with Crippen molar-refractivity contribution in [2.75, 3.05) is 11.9 Å². The van der Waals surface area contributed by atoms with Gasteiger partial charge in [-0.1, -0.05) is 19.9 Å². The summed E-state index contributed by atoms with van der Waals surface area (Å²) < 4.78 is 0.750. The zero-order chi connectivity index (χ0) is 18.8. The third-order valence-electron chi connectivity index (χ3n) is 4.27. The molecule has 25 heavy (non-hydrogen) atoms. The first-order chi connectivity index (χ1) is 11.6. The highest BCUT2D eigenvalue weighted by molar-refractivity contribution is 9.10. The van der Waals surface area contributed by atoms with Crippen LogP contribution in [0.3, 0.4) is 0 Å². The zero-order valence-electron chi connectivity index (χ0n) is 15.0. The van der Waals surface area contributed by atoms with Gasteiger partial charge in [0, 0.05) is 4.47 Å². The van der Waals surface area contributed by atoms with Crippen LogP contribution in [-0.4, -0.2) is 34.8 Å². The van der Waals surface area contributed by atoms with Crippen molar-refractivity contribution in [1.29, 1.82) is 0 Å². The van der Waals surface area contributed by atoms with Gasteiger partial charge in [0.1, 0.15) is 12.1 Å². The van der Waals surface area contributed by atoms with Crippen molar-refractivity contribution >= 4 is 39.5 Å². The van der Waals surface area contributed by atoms with E-state index in [1.165, 1.54) is 0 Å². The number of rotatable bonds is 6. The number of imide groups is 1. The van der Waals surface area contributed by atoms with Gasteiger partial charge in [0.25, 0.3) is 5.91 Å². The lowest BCUT2D eigenvalue weighted by molar-refractivity contribution is -0.133. The van der Waals surface area contributed by atoms with Crippen LogP contribution in [0, 0.1) is 12.8 Å². The van der Waals surface area contributed by atoms with Crippen molar-refractivity contribution in [1.82, 2.24) is 10.2 Å². The molecule has 0 aliphatic carbocycles. The van der Waals surface area contributed by atoms with Crippen LogP contribution >= 0.6 is 15.9 Å². The lowest BCUT2D eigenvalue weighted by atomic mass is 9.92. The number of hydrogen-bond donors (Lipinski definition) is 2. The summed E-state index contributed by atoms with van der Waals surface area (Å²) in [5.74, 6) is -0.338. The lowest BCUT2D eigenvalue weighted by Crippen LogP contribution is -2.44. The second-order valence-electron chi connectivity index (χ2n) is 7.12. The maximum absolute atomic E-state index is 12.6. The van der Waals surface area contributed by atoms with Crippen LogP contribution in [0.4, 0.5) is 10.5 Å². The predicted molar refractivity (Wildman–Crippen MR) is 100 cm³/mol. The van der Waals surface area contributed by atoms with Gasteiger partial charge in [-0.3, -0.25) is 14.5 Å². The molecule has 0 radical (unpaired) electrons. The number of hydrogen-bond acceptors (Lipinski definition) is 3. The minimum absolute atomic E-state index is 0.303. The van der Waals surface area contributed by atoms with Gasteiger partial charge in [-0.25, -0.2) is 4.79 Å². The fourth-order valence-corrected chi connectivity index (χ4v) is 3.28. The number of benzene rings is 1. The molecule has 0 aromatic heterocycles. The van der Waals surface area contributed by atoms with Gasteiger partial charge in [-0.15, -0.1) is 0 Å². The SMILES string of the molecule is Cc1ccc(NC(=O)CN2C(=O)N[C@](C)(CCC(C)C)C2=O)c(Br)c1. The van der Waals surface area contributed by atoms with E-state index < -0.39 is 17.5 Å². The molecule has 0 unspecified atom stereocenters. The predicted octanol–water partition coefficient (Wildman–Crippen LogP) is 3.44. The normalized spacial score (nSPS) is 20.2. The third kappa shape index (κ3) is 4.60. The maximum Gasteiger partial charge on any atom is 0.325 e. The van der Waals surface area contributed by atoms with Crippen molar-refractivity contribution in [2.24, 2.45) is 5.92 Å². The van der Waals surface area contributed by atoms with Gasteiger partial charge < -0.3 is 10.6 Å². The van der Waals surface area contributed by atoms with E-state index in [1.807, 2.05) is 19.1 Å². The molecular weight excluding hydrogens is 386 g/mol. The van der Waals surface area contributed by atoms with Crippen LogP contribution in [0.1, 0.15) is 39.2 Å². The van der Waals surface area contributed by atoms with Gasteiger partial charge in [-0.05, 0) is 66.2 Å². The Labute approximate surface area is 156 Å². The van der Waals surface area contributed by atoms with Crippen molar-refractivity contribution in [2.45, 2.75) is 46.1 Å². The standard InChI is InChI=1S/C18H24BrN3O3/c1-11(2)7-8-18(4)16(24)22(17(25)21-18)10-15(23)20-14-6-5-12(3)9-13(14)19/h5-6,9,11H,7-8,10H2,1-4H3,(H,20,23)(H,21,25)/t18-/m1/s1. The molecule has 7 heteroatoms. The van der Waals surface area contributed by atoms with Crippen LogP contribution in [0.2, 0.25) is 0 Å². The minimum atomic E-state index is -0.938. The molecule has 1 heterocycles. The summed E-state index contributed by atoms with van der Waals surface area (Å²) in [6.45, 7) is 7.48. The average molecular weight is 410 g/mol. The number of carbonyl (C=O) groups excluding carboxylic acids is 3. The summed E-state index contributed by atoms with van der Waals surface area (Å²) in [5.41, 5.74) is 0.719. The topological polar surface area (TPSA) is 78.5 Å². The molecule has 2 N–H and O–H groups in total. The fraction of sp³-hybridized carbons (Fsp3) is 0.500. The van der Waals surface area contributed by atoms with Crippen LogP contribution in [0.25, 0.3) is 0 Å². The molecular formula is C18H24BrN3O3. The number of nitrogens with zero attached hydrogens (tertiary/aromatic N) is 1. The molecule has 1 aromatic carbocycles. The third-order valence-corrected chi connectivity index (χ3v) is 4.92. The molecule has 1 aliphatic rings. The second kappa shape index (κ2) is 7.56. The average Bonchev–Trinajstić information content (AvgIpc) is 2.72. The number of carbonyl (C=O) groups is 3. The first-order valence-corrected chi connectivity index (χ1v) is 9.12. The van der Waals surface area contributed by atoms with Gasteiger partial charge in [0.05, 0.1) is 5.69 Å². The highest BCUT2D eigenvalue weighted by atomic mass is 79.9. The Balaban J connectivity index is 2.03. The van der Waals surface area contributed by atoms with E-state index in [4.69, 9.17) is 0 Å². The molecule has 2 rings (SSSR count). The van der Waals surface area contributed by atoms with Gasteiger partial charge in [0.15, 0.2) is 0 Å². The number of urea groups is 1. The van der Waals surface area contributed by atoms with Gasteiger partial charge in [-0.2, -0.15) is 0 Å². The summed E-state index contributed by atoms with van der Waals surface area (Å²) in [6, 6.07) is 5.01. The van der Waals surface area contributed by atoms with Crippen molar-refractivity contribution < 1.29 is 14.4 Å². The van der Waals surface area contributed by atoms with E-state index in [-0.39, 0.29) is 12.5 Å². The molecule has 0 saturated carbocycles. The molecule has 1 aliphatic heterocycles. The Hall–Kier alpha value is -1.89. The summed E-state index contributed by atoms with van der Waals surface area (Å²) in [4.78, 5) is 38.0. The Morgan fingerprint density at radius 3 is 2.64 bits per heavy atom. The van der Waals surface area contributed by atoms with E-state index in [1.54, 1.807) is 13.0 Å². The first-order valence-electron chi connectivity index (χ1n) is 8.32. The number of anilines is 1. The van der Waals surface area contributed by atoms with E-state index >= 15 is 0 Å². The maximum atomic E-state index is 12.6. The quantitative estimate of drug-likeness (QED) is 0.706. The highest BCUT2D eigenvalue weighted by Gasteiger charge is 2.47. The Morgan fingerprint density at radius 2 is 2.04 bits per heavy atom. The van der Waals surface area contributed by atoms with Crippen molar-refractivity contribution in [3.63, 3.8) is 0 Å². The van der Waals surface area contributed by atoms with Crippen LogP contribution in [-0.2, 0) is 9.59 Å². The van der Waals surface area contributed by atoms with Crippen LogP contribution in [0.15, 0.2) is 22.7 Å². The van der Waals surface area contributed by atoms with E-state index in [0.29, 0.717) is 18.0 Å². The Kier molecular flexibility index (Phi) is 5.87. The summed E-state index contributed by atoms with van der Waals surface area (Å²) >= 11 is 3.39. The number of aryl methyl sites for hydroxylation is 1. The lowest BCUT2D eigenvalue weighted by Gasteiger charge is -2.22. The van der Waals surface area contributed by atoms with Gasteiger partial charge in [0.2, 0.25) is 5.91 Å². The van der Waals surface area contributed by atoms with E-state index in [9.17, 15) is 14.4 Å². The molecule has 0 bridgehead atoms. The summed E-state index contributed by atoms with van der Waals surface area (Å²) in [5, 5.41) is 5.45. The molecule has 6 nitrogen and oxygen atoms in total. The second-order valence-corrected chi connectivity index (χ2v) is 7.97. The number of halogens is 1. The van der Waals surface area contributed by atoms with Crippen LogP contribution in [0.5, 0.6) is 0 Å². The fourth-order valence-electron chi connectivity index (χ4n) is 2.69. The first kappa shape index (κ1) is 19.4. The van der Waals surface area contributed by atoms with Crippen molar-refractivity contribution in [3.8, 4) is 0 Å². The Bertz CT molecular complexity index is 705. The number of amides is 4. The molecule has 1 saturated heterocycles. The zero-order valence-corrected chi connectivity index (χ0v) is 16.6. The molecule has 1 fully saturated rings. The van der Waals surface area contributed by atoms with E-state index in [0.717, 1.165) is 21.4 Å². The minimum Gasteiger partial charge on any atom is -0.323 e. The Morgan fingerprint density at radius 1 is 1.36 bits per heavy atom. The summed E-state index contributed by atoms with van der Waals surface area (Å²) in [7, 11) is 0. The van der Waals surface area contributed by atoms with E-state index in [2.05, 4.69) is 40.4 Å². The van der Waals surface area contributed by atoms with Crippen molar-refractivity contribution in [3.05, 3.63) is 28.2 Å². The highest BCUT2D eigenvalue weighted by Crippen LogP contribution is 2.26. The largest absolute Gasteiger partial charge is 0.325 e. The summed E-state index contributed by atoms with van der Waals surface area (Å²) in [6.07, 6.45) is 1.37. The smallest absolute Gasteiger partial charge is 0.323 e. The monoisotopic (exact) mass is 409 g/mol. The molecule has 1 aromatic rings. The molecule has 0 spiro atoms. The number of nitrogens with one attached hydrogen (secondary N) is 2. The molecule has 136 valence electrons. The molecule has 1 atom stereocenters. The van der Waals surface area contributed by atoms with Crippen LogP contribution < -0.4 is 10.6 Å².